The summed E-state index contributed by atoms with van der Waals surface area (Å²) in [4.78, 5) is 33.4. The molecule has 36 heavy (non-hydrogen) atoms. The maximum atomic E-state index is 13.7. The number of thiophene rings is 1. The van der Waals surface area contributed by atoms with Crippen molar-refractivity contribution in [3.63, 3.8) is 0 Å². The highest BCUT2D eigenvalue weighted by atomic mass is 32.1. The third kappa shape index (κ3) is 3.09. The Morgan fingerprint density at radius 3 is 2.69 bits per heavy atom. The average molecular weight is 492 g/mol. The summed E-state index contributed by atoms with van der Waals surface area (Å²) in [5, 5.41) is 9.06. The van der Waals surface area contributed by atoms with E-state index in [1.807, 2.05) is 63.2 Å². The molecule has 0 unspecified atom stereocenters. The highest BCUT2D eigenvalue weighted by Gasteiger charge is 2.24. The summed E-state index contributed by atoms with van der Waals surface area (Å²) in [7, 11) is 0. The van der Waals surface area contributed by atoms with Crippen LogP contribution in [0.4, 0.5) is 0 Å². The van der Waals surface area contributed by atoms with Crippen molar-refractivity contribution in [2.45, 2.75) is 20.8 Å². The zero-order valence-corrected chi connectivity index (χ0v) is 20.6. The van der Waals surface area contributed by atoms with Gasteiger partial charge in [-0.3, -0.25) is 24.5 Å². The maximum Gasteiger partial charge on any atom is 0.237 e. The van der Waals surface area contributed by atoms with Crippen molar-refractivity contribution in [1.29, 1.82) is 0 Å². The molecule has 2 aliphatic rings. The smallest absolute Gasteiger partial charge is 0.237 e. The fourth-order valence-corrected chi connectivity index (χ4v) is 5.61. The van der Waals surface area contributed by atoms with E-state index in [4.69, 9.17) is 9.97 Å². The number of imidazole rings is 1. The Hall–Kier alpha value is -4.37. The Morgan fingerprint density at radius 1 is 0.972 bits per heavy atom. The predicted molar refractivity (Wildman–Crippen MR) is 144 cm³/mol. The molecular formula is C27H21N7OS. The van der Waals surface area contributed by atoms with E-state index in [2.05, 4.69) is 20.2 Å². The second kappa shape index (κ2) is 7.32. The Bertz CT molecular complexity index is 2020. The normalized spacial score (nSPS) is 12.4. The molecule has 0 radical (unpaired) electrons. The van der Waals surface area contributed by atoms with Crippen LogP contribution in [-0.4, -0.2) is 40.6 Å². The van der Waals surface area contributed by atoms with Crippen LogP contribution in [0.15, 0.2) is 61.1 Å². The minimum atomic E-state index is -0.592. The van der Waals surface area contributed by atoms with Crippen molar-refractivity contribution in [3.8, 4) is 11.3 Å². The van der Waals surface area contributed by atoms with Gasteiger partial charge in [-0.15, -0.1) is 11.3 Å². The molecule has 8 nitrogen and oxygen atoms in total. The first kappa shape index (κ1) is 21.0. The summed E-state index contributed by atoms with van der Waals surface area (Å²) < 4.78 is 2.78. The zero-order valence-electron chi connectivity index (χ0n) is 19.8. The van der Waals surface area contributed by atoms with E-state index >= 15 is 0 Å². The average Bonchev–Trinajstić information content (AvgIpc) is 3.60. The van der Waals surface area contributed by atoms with Gasteiger partial charge in [0.25, 0.3) is 0 Å². The van der Waals surface area contributed by atoms with Crippen LogP contribution in [0.3, 0.4) is 0 Å². The van der Waals surface area contributed by atoms with Gasteiger partial charge in [0, 0.05) is 44.2 Å². The number of rotatable bonds is 0. The summed E-state index contributed by atoms with van der Waals surface area (Å²) in [6, 6.07) is 14.1. The number of H-pyrrole nitrogens is 2. The SMILES string of the molecule is CC(C)(C)C(=O)n1c2cncc(c2)c2cnc3[nH][nH]c(c4nc5cccc(c6ccc1s6)c5n4)-c3c2. The first-order valence-electron chi connectivity index (χ1n) is 11.6. The van der Waals surface area contributed by atoms with Crippen molar-refractivity contribution in [3.05, 3.63) is 61.1 Å². The summed E-state index contributed by atoms with van der Waals surface area (Å²) in [5.74, 6) is -0.0103. The number of nitrogens with one attached hydrogen (secondary N) is 2. The summed E-state index contributed by atoms with van der Waals surface area (Å²) in [6.07, 6.45) is 5.33. The molecule has 0 saturated heterocycles. The fourth-order valence-electron chi connectivity index (χ4n) is 4.55. The second-order valence-electron chi connectivity index (χ2n) is 9.93. The van der Waals surface area contributed by atoms with Crippen molar-refractivity contribution < 1.29 is 4.79 Å². The largest absolute Gasteiger partial charge is 0.295 e. The van der Waals surface area contributed by atoms with Crippen LogP contribution in [0.2, 0.25) is 0 Å². The molecule has 1 aromatic carbocycles. The van der Waals surface area contributed by atoms with Crippen LogP contribution < -0.4 is 0 Å². The topological polar surface area (TPSA) is 105 Å². The monoisotopic (exact) mass is 491 g/mol. The number of aromatic amines is 2. The van der Waals surface area contributed by atoms with E-state index in [1.54, 1.807) is 34.5 Å². The first-order chi connectivity index (χ1) is 17.4. The van der Waals surface area contributed by atoms with E-state index < -0.39 is 5.41 Å². The van der Waals surface area contributed by atoms with E-state index in [0.29, 0.717) is 16.8 Å². The van der Waals surface area contributed by atoms with Crippen LogP contribution in [-0.2, 0) is 0 Å². The molecule has 0 aliphatic carbocycles. The van der Waals surface area contributed by atoms with Gasteiger partial charge in [0.05, 0.1) is 22.7 Å². The van der Waals surface area contributed by atoms with Gasteiger partial charge >= 0.3 is 0 Å². The van der Waals surface area contributed by atoms with Gasteiger partial charge in [-0.05, 0) is 30.3 Å². The molecule has 0 fully saturated rings. The quantitative estimate of drug-likeness (QED) is 0.253. The van der Waals surface area contributed by atoms with Crippen LogP contribution in [0, 0.1) is 5.41 Å². The molecule has 5 aromatic rings. The third-order valence-corrected chi connectivity index (χ3v) is 7.49. The minimum Gasteiger partial charge on any atom is -0.295 e. The van der Waals surface area contributed by atoms with Crippen LogP contribution in [0.1, 0.15) is 25.6 Å². The summed E-state index contributed by atoms with van der Waals surface area (Å²) >= 11 is 1.55. The zero-order chi connectivity index (χ0) is 24.6. The molecule has 2 aliphatic heterocycles. The Kier molecular flexibility index (Phi) is 4.26. The van der Waals surface area contributed by atoms with E-state index in [1.165, 1.54) is 0 Å². The van der Waals surface area contributed by atoms with Gasteiger partial charge < -0.3 is 0 Å². The number of carbonyl (C=O) groups excluding carboxylic acids is 1. The number of nitrogens with zero attached hydrogens (tertiary/aromatic N) is 5. The van der Waals surface area contributed by atoms with Crippen molar-refractivity contribution >= 4 is 70.8 Å². The molecule has 0 saturated carbocycles. The molecule has 0 spiro atoms. The Morgan fingerprint density at radius 2 is 1.83 bits per heavy atom. The molecule has 0 atom stereocenters. The molecular weight excluding hydrogens is 470 g/mol. The van der Waals surface area contributed by atoms with Crippen molar-refractivity contribution in [2.75, 3.05) is 0 Å². The predicted octanol–water partition coefficient (Wildman–Crippen LogP) is 6.47. The van der Waals surface area contributed by atoms with E-state index in [0.717, 1.165) is 48.0 Å². The van der Waals surface area contributed by atoms with Gasteiger partial charge in [0.1, 0.15) is 10.5 Å². The van der Waals surface area contributed by atoms with E-state index in [9.17, 15) is 4.79 Å². The lowest BCUT2D eigenvalue weighted by atomic mass is 9.95. The van der Waals surface area contributed by atoms with Crippen molar-refractivity contribution in [1.82, 2.24) is 34.7 Å². The Balaban J connectivity index is 1.74. The highest BCUT2D eigenvalue weighted by Crippen LogP contribution is 2.33. The Labute approximate surface area is 208 Å². The summed E-state index contributed by atoms with van der Waals surface area (Å²) in [5.41, 5.74) is 4.72. The lowest BCUT2D eigenvalue weighted by Gasteiger charge is -2.19. The minimum absolute atomic E-state index is 0.0103. The lowest BCUT2D eigenvalue weighted by Crippen LogP contribution is -2.26. The molecule has 9 heteroatoms. The van der Waals surface area contributed by atoms with Gasteiger partial charge in [-0.2, -0.15) is 0 Å². The first-order valence-corrected chi connectivity index (χ1v) is 12.4. The molecule has 6 heterocycles. The molecule has 7 rings (SSSR count). The van der Waals surface area contributed by atoms with Gasteiger partial charge in [-0.25, -0.2) is 15.0 Å². The number of hydrogen-bond donors (Lipinski definition) is 2. The number of aromatic nitrogens is 7. The van der Waals surface area contributed by atoms with Crippen LogP contribution >= 0.6 is 11.3 Å². The molecule has 0 amide bonds. The maximum absolute atomic E-state index is 13.7. The van der Waals surface area contributed by atoms with E-state index in [-0.39, 0.29) is 5.91 Å². The number of fused-ring (bicyclic) bond motifs is 9. The molecule has 176 valence electrons. The number of hydrogen-bond acceptors (Lipinski definition) is 6. The van der Waals surface area contributed by atoms with Crippen LogP contribution in [0.25, 0.3) is 64.8 Å². The number of benzene rings is 1. The van der Waals surface area contributed by atoms with Gasteiger partial charge in [0.15, 0.2) is 11.3 Å². The molecule has 8 bridgehead atoms. The third-order valence-electron chi connectivity index (χ3n) is 6.38. The van der Waals surface area contributed by atoms with Gasteiger partial charge in [0.2, 0.25) is 5.91 Å². The summed E-state index contributed by atoms with van der Waals surface area (Å²) in [6.45, 7) is 5.79. The standard InChI is InChI=1S/C27H21N7OS/c1-27(2,3)26(35)34-16-9-14(11-28-13-16)15-10-18-23(32-33-24(18)29-12-15)25-30-19-6-4-5-17(22(19)31-25)20-7-8-21(34)36-20/h4-13,32H,1-3H3,(H,29,33). The lowest BCUT2D eigenvalue weighted by molar-refractivity contribution is 0.0778. The fraction of sp³-hybridized carbons (Fsp3) is 0.148. The number of para-hydroxylation sites is 1. The number of pyridine rings is 2. The van der Waals surface area contributed by atoms with Crippen molar-refractivity contribution in [2.24, 2.45) is 5.41 Å². The highest BCUT2D eigenvalue weighted by molar-refractivity contribution is 7.24. The molecule has 2 N–H and O–H groups in total. The van der Waals surface area contributed by atoms with Crippen LogP contribution in [0.5, 0.6) is 0 Å². The number of carbonyl (C=O) groups is 1. The van der Waals surface area contributed by atoms with Gasteiger partial charge in [-0.1, -0.05) is 32.9 Å². The second-order valence-corrected chi connectivity index (χ2v) is 11.0. The molecule has 4 aromatic heterocycles.